The summed E-state index contributed by atoms with van der Waals surface area (Å²) < 4.78 is 51.1. The highest BCUT2D eigenvalue weighted by molar-refractivity contribution is 7.91. The van der Waals surface area contributed by atoms with E-state index in [4.69, 9.17) is 0 Å². The van der Waals surface area contributed by atoms with Gasteiger partial charge in [-0.1, -0.05) is 6.42 Å². The second-order valence-corrected chi connectivity index (χ2v) is 11.1. The Morgan fingerprint density at radius 2 is 1.73 bits per heavy atom. The first-order valence-corrected chi connectivity index (χ1v) is 13.3. The SMILES string of the molecule is CS(=O)(=O)c1ccc(C(=O)Nc2ccc(S(=O)(=O)NC3=NCCCCC3)cc2)cc1[N+](=O)[O-]. The molecule has 1 aliphatic heterocycles. The van der Waals surface area contributed by atoms with E-state index >= 15 is 0 Å². The second kappa shape index (κ2) is 9.67. The zero-order valence-electron chi connectivity index (χ0n) is 17.6. The molecule has 0 radical (unpaired) electrons. The highest BCUT2D eigenvalue weighted by atomic mass is 32.2. The highest BCUT2D eigenvalue weighted by Gasteiger charge is 2.24. The van der Waals surface area contributed by atoms with Gasteiger partial charge in [0.1, 0.15) is 10.7 Å². The first-order valence-electron chi connectivity index (χ1n) is 9.93. The number of nitro groups is 1. The summed E-state index contributed by atoms with van der Waals surface area (Å²) in [5, 5.41) is 13.7. The summed E-state index contributed by atoms with van der Waals surface area (Å²) >= 11 is 0. The van der Waals surface area contributed by atoms with Crippen molar-refractivity contribution in [3.05, 3.63) is 58.1 Å². The van der Waals surface area contributed by atoms with Gasteiger partial charge in [0, 0.05) is 36.5 Å². The summed E-state index contributed by atoms with van der Waals surface area (Å²) in [4.78, 5) is 26.6. The summed E-state index contributed by atoms with van der Waals surface area (Å²) in [5.41, 5.74) is -0.585. The number of hydrogen-bond acceptors (Lipinski definition) is 8. The summed E-state index contributed by atoms with van der Waals surface area (Å²) in [6, 6.07) is 8.41. The third-order valence-corrected chi connectivity index (χ3v) is 7.41. The first kappa shape index (κ1) is 24.3. The van der Waals surface area contributed by atoms with Crippen molar-refractivity contribution in [3.8, 4) is 0 Å². The Balaban J connectivity index is 1.76. The van der Waals surface area contributed by atoms with Gasteiger partial charge >= 0.3 is 0 Å². The summed E-state index contributed by atoms with van der Waals surface area (Å²) in [5.74, 6) is -0.302. The molecule has 1 amide bonds. The number of amides is 1. The normalized spacial score (nSPS) is 14.6. The van der Waals surface area contributed by atoms with Crippen LogP contribution in [0.15, 0.2) is 57.2 Å². The summed E-state index contributed by atoms with van der Waals surface area (Å²) in [6.07, 6.45) is 4.15. The van der Waals surface area contributed by atoms with Crippen LogP contribution in [0.3, 0.4) is 0 Å². The molecule has 3 rings (SSSR count). The van der Waals surface area contributed by atoms with Gasteiger partial charge in [0.2, 0.25) is 0 Å². The minimum Gasteiger partial charge on any atom is -0.322 e. The number of carbonyl (C=O) groups excluding carboxylic acids is 1. The van der Waals surface area contributed by atoms with Gasteiger partial charge in [-0.15, -0.1) is 0 Å². The average molecular weight is 495 g/mol. The first-order chi connectivity index (χ1) is 15.5. The Bertz CT molecular complexity index is 1320. The van der Waals surface area contributed by atoms with E-state index in [-0.39, 0.29) is 16.1 Å². The number of benzene rings is 2. The molecule has 0 fully saturated rings. The van der Waals surface area contributed by atoms with E-state index in [1.807, 2.05) is 0 Å². The fourth-order valence-electron chi connectivity index (χ4n) is 3.21. The van der Waals surface area contributed by atoms with E-state index in [2.05, 4.69) is 15.0 Å². The van der Waals surface area contributed by atoms with Gasteiger partial charge in [-0.25, -0.2) is 16.8 Å². The van der Waals surface area contributed by atoms with Crippen LogP contribution in [0.2, 0.25) is 0 Å². The number of anilines is 1. The molecule has 0 saturated carbocycles. The molecule has 33 heavy (non-hydrogen) atoms. The third-order valence-electron chi connectivity index (χ3n) is 4.87. The lowest BCUT2D eigenvalue weighted by molar-refractivity contribution is -0.387. The zero-order valence-corrected chi connectivity index (χ0v) is 19.3. The Morgan fingerprint density at radius 1 is 1.03 bits per heavy atom. The molecule has 0 spiro atoms. The standard InChI is InChI=1S/C20H22N4O7S2/c1-32(28,29)18-11-6-14(13-17(18)24(26)27)20(25)22-15-7-9-16(10-8-15)33(30,31)23-19-5-3-2-4-12-21-19/h6-11,13H,2-5,12H2,1H3,(H,21,23)(H,22,25). The smallest absolute Gasteiger partial charge is 0.288 e. The zero-order chi connectivity index (χ0) is 24.2. The fourth-order valence-corrected chi connectivity index (χ4v) is 5.12. The van der Waals surface area contributed by atoms with Crippen LogP contribution in [0.25, 0.3) is 0 Å². The number of nitro benzene ring substituents is 1. The maximum atomic E-state index is 12.6. The summed E-state index contributed by atoms with van der Waals surface area (Å²) in [6.45, 7) is 0.576. The van der Waals surface area contributed by atoms with Crippen molar-refractivity contribution < 1.29 is 26.6 Å². The van der Waals surface area contributed by atoms with Crippen molar-refractivity contribution in [1.29, 1.82) is 0 Å². The van der Waals surface area contributed by atoms with Gasteiger partial charge in [0.25, 0.3) is 21.6 Å². The molecule has 2 aromatic carbocycles. The number of amidine groups is 1. The average Bonchev–Trinajstić information content (AvgIpc) is 3.01. The van der Waals surface area contributed by atoms with Crippen molar-refractivity contribution in [2.24, 2.45) is 4.99 Å². The van der Waals surface area contributed by atoms with Gasteiger partial charge in [-0.2, -0.15) is 0 Å². The van der Waals surface area contributed by atoms with Crippen molar-refractivity contribution in [3.63, 3.8) is 0 Å². The van der Waals surface area contributed by atoms with Gasteiger partial charge in [-0.3, -0.25) is 24.6 Å². The van der Waals surface area contributed by atoms with Crippen molar-refractivity contribution in [2.75, 3.05) is 18.1 Å². The molecule has 1 aliphatic rings. The Morgan fingerprint density at radius 3 is 2.36 bits per heavy atom. The number of aliphatic imine (C=N–C) groups is 1. The monoisotopic (exact) mass is 494 g/mol. The van der Waals surface area contributed by atoms with Crippen molar-refractivity contribution in [2.45, 2.75) is 35.5 Å². The molecular formula is C20H22N4O7S2. The second-order valence-electron chi connectivity index (χ2n) is 7.43. The number of hydrogen-bond donors (Lipinski definition) is 2. The molecule has 1 heterocycles. The number of carbonyl (C=O) groups is 1. The molecule has 0 atom stereocenters. The number of nitrogens with one attached hydrogen (secondary N) is 2. The predicted octanol–water partition coefficient (Wildman–Crippen LogP) is 2.50. The lowest BCUT2D eigenvalue weighted by Gasteiger charge is -2.11. The van der Waals surface area contributed by atoms with Crippen LogP contribution < -0.4 is 10.0 Å². The highest BCUT2D eigenvalue weighted by Crippen LogP contribution is 2.25. The molecule has 0 aliphatic carbocycles. The van der Waals surface area contributed by atoms with E-state index in [0.717, 1.165) is 43.7 Å². The van der Waals surface area contributed by atoms with Crippen LogP contribution >= 0.6 is 0 Å². The van der Waals surface area contributed by atoms with E-state index in [9.17, 15) is 31.7 Å². The summed E-state index contributed by atoms with van der Waals surface area (Å²) in [7, 11) is -7.69. The molecule has 2 aromatic rings. The van der Waals surface area contributed by atoms with Crippen LogP contribution in [-0.2, 0) is 19.9 Å². The minimum atomic E-state index is -3.86. The van der Waals surface area contributed by atoms with Gasteiger partial charge < -0.3 is 5.32 Å². The predicted molar refractivity (Wildman–Crippen MR) is 122 cm³/mol. The van der Waals surface area contributed by atoms with E-state index in [1.54, 1.807) is 0 Å². The van der Waals surface area contributed by atoms with E-state index in [0.29, 0.717) is 18.8 Å². The van der Waals surface area contributed by atoms with Crippen LogP contribution in [0.5, 0.6) is 0 Å². The molecule has 0 saturated heterocycles. The Labute approximate surface area is 191 Å². The number of sulfone groups is 1. The lowest BCUT2D eigenvalue weighted by atomic mass is 10.2. The topological polar surface area (TPSA) is 165 Å². The molecule has 176 valence electrons. The van der Waals surface area contributed by atoms with Gasteiger partial charge in [-0.05, 0) is 49.2 Å². The van der Waals surface area contributed by atoms with E-state index in [1.165, 1.54) is 24.3 Å². The van der Waals surface area contributed by atoms with Gasteiger partial charge in [0.15, 0.2) is 9.84 Å². The number of nitrogens with zero attached hydrogens (tertiary/aromatic N) is 2. The Hall–Kier alpha value is -3.32. The third kappa shape index (κ3) is 6.14. The number of sulfonamides is 1. The molecule has 0 unspecified atom stereocenters. The fraction of sp³-hybridized carbons (Fsp3) is 0.300. The largest absolute Gasteiger partial charge is 0.322 e. The van der Waals surface area contributed by atoms with E-state index < -0.39 is 41.3 Å². The quantitative estimate of drug-likeness (QED) is 0.460. The van der Waals surface area contributed by atoms with Crippen molar-refractivity contribution in [1.82, 2.24) is 4.72 Å². The minimum absolute atomic E-state index is 0.0133. The Kier molecular flexibility index (Phi) is 7.12. The van der Waals surface area contributed by atoms with Gasteiger partial charge in [0.05, 0.1) is 9.82 Å². The molecule has 11 nitrogen and oxygen atoms in total. The molecule has 2 N–H and O–H groups in total. The maximum Gasteiger partial charge on any atom is 0.288 e. The van der Waals surface area contributed by atoms with Crippen LogP contribution in [0, 0.1) is 10.1 Å². The van der Waals surface area contributed by atoms with Crippen LogP contribution in [-0.4, -0.2) is 46.3 Å². The molecule has 0 bridgehead atoms. The molecule has 0 aromatic heterocycles. The maximum absolute atomic E-state index is 12.6. The lowest BCUT2D eigenvalue weighted by Crippen LogP contribution is -2.30. The molecule has 13 heteroatoms. The molecular weight excluding hydrogens is 472 g/mol. The van der Waals surface area contributed by atoms with Crippen LogP contribution in [0.1, 0.15) is 36.0 Å². The van der Waals surface area contributed by atoms with Crippen molar-refractivity contribution >= 4 is 43.0 Å². The van der Waals surface area contributed by atoms with Crippen LogP contribution in [0.4, 0.5) is 11.4 Å². The number of rotatable bonds is 6.